The number of amides is 1. The zero-order valence-corrected chi connectivity index (χ0v) is 19.5. The molecule has 0 unspecified atom stereocenters. The summed E-state index contributed by atoms with van der Waals surface area (Å²) in [6, 6.07) is 1.74. The molecule has 1 aliphatic heterocycles. The Morgan fingerprint density at radius 1 is 1.13 bits per heavy atom. The number of nitrogens with zero attached hydrogens (tertiary/aromatic N) is 4. The molecule has 0 fully saturated rings. The number of fused-ring (bicyclic) bond motifs is 1. The van der Waals surface area contributed by atoms with Crippen LogP contribution >= 0.6 is 23.2 Å². The van der Waals surface area contributed by atoms with Crippen LogP contribution in [0.1, 0.15) is 19.4 Å². The van der Waals surface area contributed by atoms with Gasteiger partial charge >= 0.3 is 0 Å². The normalized spacial score (nSPS) is 13.5. The minimum Gasteiger partial charge on any atom is -0.493 e. The molecule has 1 aromatic carbocycles. The van der Waals surface area contributed by atoms with Crippen molar-refractivity contribution in [3.63, 3.8) is 0 Å². The maximum Gasteiger partial charge on any atom is 0.246 e. The van der Waals surface area contributed by atoms with E-state index in [0.29, 0.717) is 45.9 Å². The van der Waals surface area contributed by atoms with E-state index in [4.69, 9.17) is 43.1 Å². The molecule has 2 N–H and O–H groups in total. The second-order valence-corrected chi connectivity index (χ2v) is 8.15. The number of methoxy groups -OCH3 is 3. The molecule has 0 aliphatic carbocycles. The molecule has 168 valence electrons. The second kappa shape index (κ2) is 9.23. The zero-order chi connectivity index (χ0) is 22.9. The van der Waals surface area contributed by atoms with Crippen LogP contribution in [0.2, 0.25) is 10.2 Å². The molecule has 0 atom stereocenters. The fraction of sp³-hybridized carbons (Fsp3) is 0.450. The number of hydrogen-bond acceptors (Lipinski definition) is 8. The van der Waals surface area contributed by atoms with Crippen LogP contribution in [-0.4, -0.2) is 50.3 Å². The minimum absolute atomic E-state index is 0.0172. The van der Waals surface area contributed by atoms with Gasteiger partial charge in [0.1, 0.15) is 5.69 Å². The van der Waals surface area contributed by atoms with Crippen molar-refractivity contribution >= 4 is 46.6 Å². The Kier molecular flexibility index (Phi) is 6.86. The van der Waals surface area contributed by atoms with Gasteiger partial charge in [-0.3, -0.25) is 4.79 Å². The van der Waals surface area contributed by atoms with E-state index in [1.807, 2.05) is 13.8 Å². The second-order valence-electron chi connectivity index (χ2n) is 7.42. The Hall–Kier alpha value is -2.65. The van der Waals surface area contributed by atoms with Crippen LogP contribution in [0, 0.1) is 5.92 Å². The summed E-state index contributed by atoms with van der Waals surface area (Å²) in [7, 11) is 4.51. The molecule has 2 aromatic rings. The molecule has 1 aromatic heterocycles. The van der Waals surface area contributed by atoms with Crippen LogP contribution < -0.4 is 29.7 Å². The van der Waals surface area contributed by atoms with Gasteiger partial charge < -0.3 is 29.7 Å². The van der Waals surface area contributed by atoms with Crippen molar-refractivity contribution in [1.29, 1.82) is 0 Å². The SMILES string of the molecule is COc1cc(CN2CC(=O)N(CC(C)C)c3c(Cl)nc(N)nc32)c(Cl)c(OC)c1OC. The first-order valence-corrected chi connectivity index (χ1v) is 10.3. The Morgan fingerprint density at radius 3 is 2.39 bits per heavy atom. The van der Waals surface area contributed by atoms with Gasteiger partial charge in [0.2, 0.25) is 17.6 Å². The lowest BCUT2D eigenvalue weighted by Gasteiger charge is -2.37. The predicted molar refractivity (Wildman–Crippen MR) is 121 cm³/mol. The van der Waals surface area contributed by atoms with Gasteiger partial charge in [0.25, 0.3) is 0 Å². The molecular formula is C20H25Cl2N5O4. The number of anilines is 3. The van der Waals surface area contributed by atoms with Gasteiger partial charge in [0, 0.05) is 13.1 Å². The summed E-state index contributed by atoms with van der Waals surface area (Å²) in [5.74, 6) is 1.74. The van der Waals surface area contributed by atoms with E-state index in [1.54, 1.807) is 15.9 Å². The Balaban J connectivity index is 2.10. The first-order valence-electron chi connectivity index (χ1n) is 9.57. The van der Waals surface area contributed by atoms with Gasteiger partial charge in [-0.1, -0.05) is 37.0 Å². The molecule has 0 saturated heterocycles. The van der Waals surface area contributed by atoms with Crippen LogP contribution in [0.25, 0.3) is 0 Å². The Bertz CT molecular complexity index is 1000. The molecule has 2 heterocycles. The lowest BCUT2D eigenvalue weighted by Crippen LogP contribution is -2.47. The van der Waals surface area contributed by atoms with Gasteiger partial charge in [-0.15, -0.1) is 0 Å². The highest BCUT2D eigenvalue weighted by Gasteiger charge is 2.34. The molecule has 0 bridgehead atoms. The van der Waals surface area contributed by atoms with E-state index in [1.165, 1.54) is 21.3 Å². The van der Waals surface area contributed by atoms with E-state index in [-0.39, 0.29) is 36.0 Å². The first-order chi connectivity index (χ1) is 14.7. The highest BCUT2D eigenvalue weighted by atomic mass is 35.5. The van der Waals surface area contributed by atoms with Crippen LogP contribution in [0.15, 0.2) is 6.07 Å². The molecule has 9 nitrogen and oxygen atoms in total. The minimum atomic E-state index is -0.125. The summed E-state index contributed by atoms with van der Waals surface area (Å²) in [4.78, 5) is 24.8. The first kappa shape index (κ1) is 23.0. The molecule has 0 radical (unpaired) electrons. The molecule has 31 heavy (non-hydrogen) atoms. The van der Waals surface area contributed by atoms with Crippen LogP contribution in [0.4, 0.5) is 17.5 Å². The monoisotopic (exact) mass is 469 g/mol. The number of hydrogen-bond donors (Lipinski definition) is 1. The average molecular weight is 470 g/mol. The standard InChI is InChI=1S/C20H25Cl2N5O4/c1-10(2)7-27-13(28)9-26(19-15(27)18(22)24-20(23)25-19)8-11-6-12(29-3)16(30-4)17(31-5)14(11)21/h6,10H,7-9H2,1-5H3,(H2,23,24,25). The topological polar surface area (TPSA) is 103 Å². The quantitative estimate of drug-likeness (QED) is 0.615. The number of halogens is 2. The van der Waals surface area contributed by atoms with Gasteiger partial charge in [-0.05, 0) is 17.5 Å². The molecule has 1 amide bonds. The third-order valence-electron chi connectivity index (χ3n) is 4.79. The molecule has 1 aliphatic rings. The van der Waals surface area contributed by atoms with Crippen LogP contribution in [0.5, 0.6) is 17.2 Å². The van der Waals surface area contributed by atoms with Crippen molar-refractivity contribution < 1.29 is 19.0 Å². The molecule has 3 rings (SSSR count). The van der Waals surface area contributed by atoms with E-state index >= 15 is 0 Å². The highest BCUT2D eigenvalue weighted by molar-refractivity contribution is 6.34. The summed E-state index contributed by atoms with van der Waals surface area (Å²) in [5.41, 5.74) is 6.95. The highest BCUT2D eigenvalue weighted by Crippen LogP contribution is 2.46. The van der Waals surface area contributed by atoms with Crippen LogP contribution in [0.3, 0.4) is 0 Å². The summed E-state index contributed by atoms with van der Waals surface area (Å²) in [6.07, 6.45) is 0. The van der Waals surface area contributed by atoms with Crippen molar-refractivity contribution in [2.24, 2.45) is 5.92 Å². The lowest BCUT2D eigenvalue weighted by molar-refractivity contribution is -0.117. The van der Waals surface area contributed by atoms with Gasteiger partial charge in [-0.25, -0.2) is 0 Å². The molecule has 0 saturated carbocycles. The summed E-state index contributed by atoms with van der Waals surface area (Å²) in [5, 5.41) is 0.462. The number of carbonyl (C=O) groups is 1. The molecular weight excluding hydrogens is 445 g/mol. The van der Waals surface area contributed by atoms with E-state index < -0.39 is 0 Å². The van der Waals surface area contributed by atoms with E-state index in [9.17, 15) is 4.79 Å². The van der Waals surface area contributed by atoms with E-state index in [2.05, 4.69) is 9.97 Å². The number of ether oxygens (including phenoxy) is 3. The van der Waals surface area contributed by atoms with Crippen molar-refractivity contribution in [1.82, 2.24) is 9.97 Å². The average Bonchev–Trinajstić information content (AvgIpc) is 2.71. The van der Waals surface area contributed by atoms with Crippen molar-refractivity contribution in [3.05, 3.63) is 21.8 Å². The van der Waals surface area contributed by atoms with Gasteiger partial charge in [0.05, 0.1) is 32.9 Å². The third-order valence-corrected chi connectivity index (χ3v) is 5.47. The van der Waals surface area contributed by atoms with Crippen molar-refractivity contribution in [2.75, 3.05) is 50.0 Å². The van der Waals surface area contributed by atoms with Crippen LogP contribution in [-0.2, 0) is 11.3 Å². The summed E-state index contributed by atoms with van der Waals surface area (Å²) < 4.78 is 16.2. The Labute approximate surface area is 191 Å². The predicted octanol–water partition coefficient (Wildman–Crippen LogP) is 3.40. The van der Waals surface area contributed by atoms with Crippen molar-refractivity contribution in [3.8, 4) is 17.2 Å². The summed E-state index contributed by atoms with van der Waals surface area (Å²) >= 11 is 13.0. The smallest absolute Gasteiger partial charge is 0.246 e. The Morgan fingerprint density at radius 2 is 1.81 bits per heavy atom. The number of nitrogens with two attached hydrogens (primary N) is 1. The number of carbonyl (C=O) groups excluding carboxylic acids is 1. The maximum absolute atomic E-state index is 13.0. The van der Waals surface area contributed by atoms with E-state index in [0.717, 1.165) is 0 Å². The zero-order valence-electron chi connectivity index (χ0n) is 18.0. The lowest BCUT2D eigenvalue weighted by atomic mass is 10.1. The summed E-state index contributed by atoms with van der Waals surface area (Å²) in [6.45, 7) is 4.82. The number of aromatic nitrogens is 2. The number of nitrogen functional groups attached to an aromatic ring is 1. The van der Waals surface area contributed by atoms with Gasteiger partial charge in [-0.2, -0.15) is 9.97 Å². The number of rotatable bonds is 7. The molecule has 11 heteroatoms. The third kappa shape index (κ3) is 4.38. The molecule has 0 spiro atoms. The fourth-order valence-corrected chi connectivity index (χ4v) is 4.06. The van der Waals surface area contributed by atoms with Gasteiger partial charge in [0.15, 0.2) is 22.5 Å². The fourth-order valence-electron chi connectivity index (χ4n) is 3.51. The largest absolute Gasteiger partial charge is 0.493 e. The van der Waals surface area contributed by atoms with Crippen molar-refractivity contribution in [2.45, 2.75) is 20.4 Å². The number of benzene rings is 1. The maximum atomic E-state index is 13.0.